The van der Waals surface area contributed by atoms with Gasteiger partial charge in [0.25, 0.3) is 11.8 Å². The molecule has 3 amide bonds. The molecule has 134 valence electrons. The van der Waals surface area contributed by atoms with E-state index in [1.807, 2.05) is 30.3 Å². The predicted octanol–water partition coefficient (Wildman–Crippen LogP) is 2.07. The molecule has 1 aliphatic rings. The molecule has 0 aromatic heterocycles. The van der Waals surface area contributed by atoms with Gasteiger partial charge in [-0.2, -0.15) is 0 Å². The van der Waals surface area contributed by atoms with Gasteiger partial charge < -0.3 is 10.0 Å². The number of fused-ring (bicyclic) bond motifs is 1. The Balaban J connectivity index is 1.75. The maximum Gasteiger partial charge on any atom is 0.262 e. The van der Waals surface area contributed by atoms with Gasteiger partial charge in [-0.25, -0.2) is 0 Å². The van der Waals surface area contributed by atoms with Crippen molar-refractivity contribution in [2.24, 2.45) is 0 Å². The number of carbonyl (C=O) groups is 3. The molecule has 26 heavy (non-hydrogen) atoms. The third kappa shape index (κ3) is 3.68. The maximum absolute atomic E-state index is 12.7. The molecule has 0 saturated heterocycles. The van der Waals surface area contributed by atoms with Crippen molar-refractivity contribution in [3.63, 3.8) is 0 Å². The van der Waals surface area contributed by atoms with E-state index in [1.54, 1.807) is 18.2 Å². The smallest absolute Gasteiger partial charge is 0.262 e. The van der Waals surface area contributed by atoms with Gasteiger partial charge in [-0.1, -0.05) is 46.3 Å². The zero-order chi connectivity index (χ0) is 18.7. The summed E-state index contributed by atoms with van der Waals surface area (Å²) in [5.74, 6) is -1.35. The van der Waals surface area contributed by atoms with Gasteiger partial charge in [-0.3, -0.25) is 19.3 Å². The molecule has 7 heteroatoms. The molecular formula is C19H17BrN2O4. The second kappa shape index (κ2) is 7.80. The van der Waals surface area contributed by atoms with Crippen LogP contribution in [0.25, 0.3) is 0 Å². The fourth-order valence-corrected chi connectivity index (χ4v) is 3.22. The fourth-order valence-electron chi connectivity index (χ4n) is 2.86. The fraction of sp³-hybridized carbons (Fsp3) is 0.211. The Hall–Kier alpha value is -2.51. The molecule has 0 spiro atoms. The van der Waals surface area contributed by atoms with E-state index >= 15 is 0 Å². The van der Waals surface area contributed by atoms with Crippen LogP contribution in [0, 0.1) is 0 Å². The lowest BCUT2D eigenvalue weighted by atomic mass is 10.1. The number of hydrogen-bond donors (Lipinski definition) is 1. The molecule has 0 fully saturated rings. The van der Waals surface area contributed by atoms with Crippen molar-refractivity contribution in [1.29, 1.82) is 0 Å². The van der Waals surface area contributed by atoms with Gasteiger partial charge in [0.2, 0.25) is 5.91 Å². The number of rotatable bonds is 6. The molecule has 2 aromatic rings. The van der Waals surface area contributed by atoms with Crippen LogP contribution in [0.2, 0.25) is 0 Å². The average molecular weight is 417 g/mol. The van der Waals surface area contributed by atoms with E-state index in [1.165, 1.54) is 4.90 Å². The number of hydrogen-bond acceptors (Lipinski definition) is 4. The lowest BCUT2D eigenvalue weighted by molar-refractivity contribution is -0.132. The average Bonchev–Trinajstić information content (AvgIpc) is 2.86. The summed E-state index contributed by atoms with van der Waals surface area (Å²) in [5, 5.41) is 9.25. The molecule has 0 aliphatic carbocycles. The molecule has 3 rings (SSSR count). The molecular weight excluding hydrogens is 400 g/mol. The van der Waals surface area contributed by atoms with E-state index in [0.717, 1.165) is 10.5 Å². The van der Waals surface area contributed by atoms with Crippen LogP contribution in [0.4, 0.5) is 0 Å². The SMILES string of the molecule is O=C(CN1C(=O)c2ccc(Br)cc2C1=O)N(CCO)Cc1ccccc1. The summed E-state index contributed by atoms with van der Waals surface area (Å²) in [6.45, 7) is -0.123. The summed E-state index contributed by atoms with van der Waals surface area (Å²) in [6.07, 6.45) is 0. The zero-order valence-corrected chi connectivity index (χ0v) is 15.5. The van der Waals surface area contributed by atoms with E-state index in [-0.39, 0.29) is 25.3 Å². The van der Waals surface area contributed by atoms with Crippen LogP contribution < -0.4 is 0 Å². The van der Waals surface area contributed by atoms with Crippen LogP contribution in [0.5, 0.6) is 0 Å². The first-order chi connectivity index (χ1) is 12.5. The molecule has 1 heterocycles. The third-order valence-electron chi connectivity index (χ3n) is 4.16. The summed E-state index contributed by atoms with van der Waals surface area (Å²) < 4.78 is 0.691. The van der Waals surface area contributed by atoms with Crippen LogP contribution in [0.15, 0.2) is 53.0 Å². The van der Waals surface area contributed by atoms with Gasteiger partial charge in [-0.05, 0) is 23.8 Å². The molecule has 1 aliphatic heterocycles. The number of carbonyl (C=O) groups excluding carboxylic acids is 3. The molecule has 0 atom stereocenters. The standard InChI is InChI=1S/C19H17BrN2O4/c20-14-6-7-15-16(10-14)19(26)22(18(15)25)12-17(24)21(8-9-23)11-13-4-2-1-3-5-13/h1-7,10,23H,8-9,11-12H2. The third-order valence-corrected chi connectivity index (χ3v) is 4.66. The summed E-state index contributed by atoms with van der Waals surface area (Å²) in [6, 6.07) is 14.2. The Bertz CT molecular complexity index is 854. The van der Waals surface area contributed by atoms with Crippen molar-refractivity contribution in [3.05, 3.63) is 69.7 Å². The van der Waals surface area contributed by atoms with Crippen molar-refractivity contribution in [3.8, 4) is 0 Å². The lowest BCUT2D eigenvalue weighted by Crippen LogP contribution is -2.43. The Morgan fingerprint density at radius 2 is 1.73 bits per heavy atom. The minimum Gasteiger partial charge on any atom is -0.395 e. The van der Waals surface area contributed by atoms with Crippen LogP contribution >= 0.6 is 15.9 Å². The topological polar surface area (TPSA) is 77.9 Å². The highest BCUT2D eigenvalue weighted by atomic mass is 79.9. The van der Waals surface area contributed by atoms with Gasteiger partial charge in [0, 0.05) is 17.6 Å². The quantitative estimate of drug-likeness (QED) is 0.731. The Morgan fingerprint density at radius 3 is 2.42 bits per heavy atom. The Labute approximate surface area is 159 Å². The number of benzene rings is 2. The molecule has 0 bridgehead atoms. The highest BCUT2D eigenvalue weighted by Gasteiger charge is 2.37. The van der Waals surface area contributed by atoms with Crippen LogP contribution in [-0.2, 0) is 11.3 Å². The molecule has 1 N–H and O–H groups in total. The van der Waals surface area contributed by atoms with Crippen LogP contribution in [0.3, 0.4) is 0 Å². The number of imide groups is 1. The largest absolute Gasteiger partial charge is 0.395 e. The normalized spacial score (nSPS) is 13.1. The molecule has 0 radical (unpaired) electrons. The second-order valence-corrected chi connectivity index (χ2v) is 6.83. The van der Waals surface area contributed by atoms with E-state index in [9.17, 15) is 19.5 Å². The summed E-state index contributed by atoms with van der Waals surface area (Å²) >= 11 is 3.28. The molecule has 6 nitrogen and oxygen atoms in total. The highest BCUT2D eigenvalue weighted by Crippen LogP contribution is 2.26. The maximum atomic E-state index is 12.7. The minimum atomic E-state index is -0.483. The number of aliphatic hydroxyl groups excluding tert-OH is 1. The lowest BCUT2D eigenvalue weighted by Gasteiger charge is -2.24. The van der Waals surface area contributed by atoms with Crippen molar-refractivity contribution < 1.29 is 19.5 Å². The first kappa shape index (κ1) is 18.3. The summed E-state index contributed by atoms with van der Waals surface area (Å²) in [5.41, 5.74) is 1.48. The number of halogens is 1. The minimum absolute atomic E-state index is 0.127. The number of aliphatic hydroxyl groups is 1. The highest BCUT2D eigenvalue weighted by molar-refractivity contribution is 9.10. The van der Waals surface area contributed by atoms with E-state index in [0.29, 0.717) is 16.6 Å². The van der Waals surface area contributed by atoms with E-state index in [2.05, 4.69) is 15.9 Å². The van der Waals surface area contributed by atoms with Gasteiger partial charge in [0.05, 0.1) is 17.7 Å². The molecule has 0 saturated carbocycles. The van der Waals surface area contributed by atoms with Gasteiger partial charge in [0.1, 0.15) is 6.54 Å². The van der Waals surface area contributed by atoms with Gasteiger partial charge in [0.15, 0.2) is 0 Å². The van der Waals surface area contributed by atoms with E-state index < -0.39 is 17.7 Å². The summed E-state index contributed by atoms with van der Waals surface area (Å²) in [7, 11) is 0. The monoisotopic (exact) mass is 416 g/mol. The van der Waals surface area contributed by atoms with Crippen LogP contribution in [-0.4, -0.2) is 52.3 Å². The first-order valence-electron chi connectivity index (χ1n) is 8.09. The number of amides is 3. The van der Waals surface area contributed by atoms with Crippen molar-refractivity contribution in [2.45, 2.75) is 6.54 Å². The van der Waals surface area contributed by atoms with Crippen molar-refractivity contribution in [1.82, 2.24) is 9.80 Å². The first-order valence-corrected chi connectivity index (χ1v) is 8.89. The Kier molecular flexibility index (Phi) is 5.49. The van der Waals surface area contributed by atoms with E-state index in [4.69, 9.17) is 0 Å². The molecule has 2 aromatic carbocycles. The number of nitrogens with zero attached hydrogens (tertiary/aromatic N) is 2. The van der Waals surface area contributed by atoms with Gasteiger partial charge >= 0.3 is 0 Å². The van der Waals surface area contributed by atoms with Crippen molar-refractivity contribution >= 4 is 33.7 Å². The molecule has 0 unspecified atom stereocenters. The zero-order valence-electron chi connectivity index (χ0n) is 13.9. The summed E-state index contributed by atoms with van der Waals surface area (Å²) in [4.78, 5) is 40.0. The second-order valence-electron chi connectivity index (χ2n) is 5.91. The van der Waals surface area contributed by atoms with Crippen molar-refractivity contribution in [2.75, 3.05) is 19.7 Å². The van der Waals surface area contributed by atoms with Gasteiger partial charge in [-0.15, -0.1) is 0 Å². The predicted molar refractivity (Wildman–Crippen MR) is 98.5 cm³/mol. The Morgan fingerprint density at radius 1 is 1.04 bits per heavy atom. The van der Waals surface area contributed by atoms with Crippen LogP contribution in [0.1, 0.15) is 26.3 Å².